The molecule has 0 saturated carbocycles. The van der Waals surface area contributed by atoms with Crippen LogP contribution in [0.15, 0.2) is 47.5 Å². The van der Waals surface area contributed by atoms with Crippen LogP contribution < -0.4 is 10.1 Å². The quantitative estimate of drug-likeness (QED) is 0.353. The zero-order valence-corrected chi connectivity index (χ0v) is 15.4. The van der Waals surface area contributed by atoms with Crippen molar-refractivity contribution in [2.45, 2.75) is 18.7 Å². The van der Waals surface area contributed by atoms with Gasteiger partial charge in [-0.3, -0.25) is 14.9 Å². The Kier molecular flexibility index (Phi) is 6.55. The van der Waals surface area contributed by atoms with Gasteiger partial charge in [-0.2, -0.15) is 18.2 Å². The highest BCUT2D eigenvalue weighted by atomic mass is 19.4. The number of ether oxygens (including phenoxy) is 1. The van der Waals surface area contributed by atoms with Crippen molar-refractivity contribution in [3.63, 3.8) is 0 Å². The molecule has 0 unspecified atom stereocenters. The lowest BCUT2D eigenvalue weighted by molar-refractivity contribution is -0.388. The lowest BCUT2D eigenvalue weighted by atomic mass is 10.1. The first kappa shape index (κ1) is 22.5. The molecule has 12 heteroatoms. The van der Waals surface area contributed by atoms with Crippen LogP contribution in [0.2, 0.25) is 0 Å². The topological polar surface area (TPSA) is 138 Å². The van der Waals surface area contributed by atoms with Crippen LogP contribution in [0.4, 0.5) is 30.2 Å². The van der Waals surface area contributed by atoms with E-state index in [9.17, 15) is 33.2 Å². The number of carbonyl (C=O) groups is 1. The smallest absolute Gasteiger partial charge is 0.423 e. The van der Waals surface area contributed by atoms with E-state index in [0.29, 0.717) is 17.8 Å². The second kappa shape index (κ2) is 8.72. The summed E-state index contributed by atoms with van der Waals surface area (Å²) in [6.45, 7) is 0.553. The van der Waals surface area contributed by atoms with Crippen molar-refractivity contribution in [1.82, 2.24) is 0 Å². The maximum absolute atomic E-state index is 13.0. The first-order valence-electron chi connectivity index (χ1n) is 8.19. The molecule has 2 aromatic carbocycles. The van der Waals surface area contributed by atoms with Gasteiger partial charge in [0, 0.05) is 11.8 Å². The van der Waals surface area contributed by atoms with E-state index in [1.54, 1.807) is 0 Å². The van der Waals surface area contributed by atoms with Crippen LogP contribution in [0, 0.1) is 15.5 Å². The third-order valence-electron chi connectivity index (χ3n) is 3.79. The number of aliphatic hydroxyl groups is 1. The molecule has 0 spiro atoms. The summed E-state index contributed by atoms with van der Waals surface area (Å²) in [4.78, 5) is 25.5. The van der Waals surface area contributed by atoms with Crippen molar-refractivity contribution in [2.24, 2.45) is 4.99 Å². The van der Waals surface area contributed by atoms with E-state index in [2.05, 4.69) is 10.3 Å². The fourth-order valence-electron chi connectivity index (χ4n) is 2.24. The Labute approximate surface area is 167 Å². The highest BCUT2D eigenvalue weighted by Gasteiger charge is 2.39. The number of nitro groups is 1. The predicted molar refractivity (Wildman–Crippen MR) is 99.1 cm³/mol. The minimum Gasteiger partial charge on any atom is -0.490 e. The Bertz CT molecular complexity index is 1000. The second-order valence-corrected chi connectivity index (χ2v) is 6.22. The van der Waals surface area contributed by atoms with Crippen molar-refractivity contribution >= 4 is 29.0 Å². The average Bonchev–Trinajstić information content (AvgIpc) is 2.67. The van der Waals surface area contributed by atoms with Gasteiger partial charge in [-0.1, -0.05) is 0 Å². The van der Waals surface area contributed by atoms with Gasteiger partial charge in [0.2, 0.25) is 0 Å². The van der Waals surface area contributed by atoms with Crippen LogP contribution in [0.1, 0.15) is 12.5 Å². The second-order valence-electron chi connectivity index (χ2n) is 6.22. The molecule has 1 atom stereocenters. The average molecular weight is 424 g/mol. The van der Waals surface area contributed by atoms with Crippen LogP contribution in [-0.4, -0.2) is 34.2 Å². The number of carbonyl (C=O) groups excluding carboxylic acids is 1. The molecule has 0 aliphatic carbocycles. The van der Waals surface area contributed by atoms with Crippen LogP contribution in [0.5, 0.6) is 5.75 Å². The lowest BCUT2D eigenvalue weighted by Gasteiger charge is -2.23. The Morgan fingerprint density at radius 3 is 2.47 bits per heavy atom. The van der Waals surface area contributed by atoms with Gasteiger partial charge in [0.05, 0.1) is 16.6 Å². The molecule has 3 N–H and O–H groups in total. The fraction of sp³-hybridized carbons (Fsp3) is 0.222. The normalized spacial score (nSPS) is 13.0. The third-order valence-corrected chi connectivity index (χ3v) is 3.79. The molecule has 1 amide bonds. The summed E-state index contributed by atoms with van der Waals surface area (Å²) in [5.41, 5.74) is -4.78. The molecule has 0 saturated heterocycles. The number of halogens is 3. The summed E-state index contributed by atoms with van der Waals surface area (Å²) in [6, 6.07) is 9.74. The summed E-state index contributed by atoms with van der Waals surface area (Å²) >= 11 is 0. The van der Waals surface area contributed by atoms with Gasteiger partial charge < -0.3 is 15.2 Å². The summed E-state index contributed by atoms with van der Waals surface area (Å²) in [5.74, 6) is -0.809. The number of rotatable bonds is 7. The van der Waals surface area contributed by atoms with Crippen LogP contribution in [0.25, 0.3) is 0 Å². The Morgan fingerprint density at radius 2 is 1.93 bits per heavy atom. The Balaban J connectivity index is 2.11. The van der Waals surface area contributed by atoms with E-state index in [1.807, 2.05) is 6.01 Å². The van der Waals surface area contributed by atoms with Gasteiger partial charge in [-0.25, -0.2) is 5.41 Å². The number of nitrogens with one attached hydrogen (secondary N) is 2. The van der Waals surface area contributed by atoms with E-state index in [0.717, 1.165) is 13.0 Å². The molecule has 0 radical (unpaired) electrons. The number of hydrogen-bond donors (Lipinski definition) is 3. The van der Waals surface area contributed by atoms with E-state index < -0.39 is 40.5 Å². The first-order chi connectivity index (χ1) is 13.9. The number of alkyl halides is 3. The Hall–Kier alpha value is -3.76. The first-order valence-corrected chi connectivity index (χ1v) is 8.19. The van der Waals surface area contributed by atoms with E-state index in [4.69, 9.17) is 10.1 Å². The van der Waals surface area contributed by atoms with Crippen molar-refractivity contribution in [2.75, 3.05) is 11.9 Å². The minimum absolute atomic E-state index is 0.265. The van der Waals surface area contributed by atoms with Gasteiger partial charge in [0.25, 0.3) is 11.6 Å². The molecule has 0 aliphatic heterocycles. The molecule has 0 aliphatic rings. The standard InChI is InChI=1S/C18H15F3N4O5/c1-17(27,9-30-13-5-2-11(3-6-13)23-10-22)16(26)24-12-4-7-15(25(28)29)14(8-12)18(19,20)21/h2-8,22,27H,9H2,1H3,(H,24,26)/t17-/m0/s1. The van der Waals surface area contributed by atoms with Crippen LogP contribution >= 0.6 is 0 Å². The van der Waals surface area contributed by atoms with Gasteiger partial charge in [-0.15, -0.1) is 0 Å². The number of nitro benzene ring substituents is 1. The monoisotopic (exact) mass is 424 g/mol. The van der Waals surface area contributed by atoms with Crippen molar-refractivity contribution < 1.29 is 32.7 Å². The summed E-state index contributed by atoms with van der Waals surface area (Å²) in [7, 11) is 0. The maximum Gasteiger partial charge on any atom is 0.423 e. The van der Waals surface area contributed by atoms with Crippen molar-refractivity contribution in [3.05, 3.63) is 58.1 Å². The number of benzene rings is 2. The predicted octanol–water partition coefficient (Wildman–Crippen LogP) is 3.77. The number of hydrogen-bond acceptors (Lipinski definition) is 7. The molecule has 0 fully saturated rings. The van der Waals surface area contributed by atoms with E-state index >= 15 is 0 Å². The highest BCUT2D eigenvalue weighted by Crippen LogP contribution is 2.37. The molecule has 2 rings (SSSR count). The third kappa shape index (κ3) is 5.63. The fourth-order valence-corrected chi connectivity index (χ4v) is 2.24. The van der Waals surface area contributed by atoms with Crippen molar-refractivity contribution in [3.8, 4) is 5.75 Å². The highest BCUT2D eigenvalue weighted by molar-refractivity contribution is 5.97. The molecule has 30 heavy (non-hydrogen) atoms. The van der Waals surface area contributed by atoms with Gasteiger partial charge >= 0.3 is 6.18 Å². The summed E-state index contributed by atoms with van der Waals surface area (Å²) < 4.78 is 44.4. The van der Waals surface area contributed by atoms with Gasteiger partial charge in [0.15, 0.2) is 5.60 Å². The summed E-state index contributed by atoms with van der Waals surface area (Å²) in [5, 5.41) is 29.9. The zero-order valence-electron chi connectivity index (χ0n) is 15.4. The van der Waals surface area contributed by atoms with Crippen molar-refractivity contribution in [1.29, 1.82) is 5.41 Å². The van der Waals surface area contributed by atoms with Crippen LogP contribution in [-0.2, 0) is 11.0 Å². The molecule has 0 bridgehead atoms. The number of anilines is 1. The largest absolute Gasteiger partial charge is 0.490 e. The zero-order chi connectivity index (χ0) is 22.5. The lowest BCUT2D eigenvalue weighted by Crippen LogP contribution is -2.45. The number of amides is 1. The molecule has 9 nitrogen and oxygen atoms in total. The van der Waals surface area contributed by atoms with Gasteiger partial charge in [-0.05, 0) is 43.3 Å². The van der Waals surface area contributed by atoms with Crippen LogP contribution in [0.3, 0.4) is 0 Å². The number of nitrogens with zero attached hydrogens (tertiary/aromatic N) is 2. The molecule has 0 heterocycles. The molecular weight excluding hydrogens is 409 g/mol. The number of aliphatic imine (C=N–C) groups is 1. The van der Waals surface area contributed by atoms with Gasteiger partial charge in [0.1, 0.15) is 17.9 Å². The summed E-state index contributed by atoms with van der Waals surface area (Å²) in [6.07, 6.45) is -5.01. The minimum atomic E-state index is -5.01. The SMILES string of the molecule is C[C@](O)(COc1ccc(N=C=N)cc1)C(=O)Nc1ccc([N+](=O)[O-])c(C(F)(F)F)c1. The molecule has 0 aromatic heterocycles. The molecular formula is C18H15F3N4O5. The maximum atomic E-state index is 13.0. The molecule has 158 valence electrons. The van der Waals surface area contributed by atoms with E-state index in [-0.39, 0.29) is 11.4 Å². The van der Waals surface area contributed by atoms with E-state index in [1.165, 1.54) is 24.3 Å². The molecule has 2 aromatic rings. The Morgan fingerprint density at radius 1 is 1.30 bits per heavy atom.